The Balaban J connectivity index is 2.60. The predicted molar refractivity (Wildman–Crippen MR) is 68.7 cm³/mol. The van der Waals surface area contributed by atoms with Gasteiger partial charge in [-0.05, 0) is 24.1 Å². The standard InChI is InChI=1S/C13H12BrN/c1-9-12(14)8-7-11(13(9)15)10-5-3-2-4-6-10/h2-8H,15H2,1H3. The Morgan fingerprint density at radius 1 is 1.00 bits per heavy atom. The second-order valence-electron chi connectivity index (χ2n) is 3.50. The van der Waals surface area contributed by atoms with Gasteiger partial charge in [0.05, 0.1) is 0 Å². The molecule has 0 saturated carbocycles. The molecule has 0 fully saturated rings. The quantitative estimate of drug-likeness (QED) is 0.772. The van der Waals surface area contributed by atoms with Crippen LogP contribution in [-0.4, -0.2) is 0 Å². The Morgan fingerprint density at radius 3 is 2.33 bits per heavy atom. The summed E-state index contributed by atoms with van der Waals surface area (Å²) in [5.41, 5.74) is 10.3. The van der Waals surface area contributed by atoms with Crippen LogP contribution in [0.2, 0.25) is 0 Å². The van der Waals surface area contributed by atoms with Gasteiger partial charge in [0.1, 0.15) is 0 Å². The monoisotopic (exact) mass is 261 g/mol. The van der Waals surface area contributed by atoms with Gasteiger partial charge in [0.25, 0.3) is 0 Å². The van der Waals surface area contributed by atoms with Gasteiger partial charge in [-0.15, -0.1) is 0 Å². The Kier molecular flexibility index (Phi) is 2.78. The minimum absolute atomic E-state index is 0.843. The highest BCUT2D eigenvalue weighted by Gasteiger charge is 2.06. The lowest BCUT2D eigenvalue weighted by molar-refractivity contribution is 1.43. The van der Waals surface area contributed by atoms with E-state index in [-0.39, 0.29) is 0 Å². The van der Waals surface area contributed by atoms with E-state index in [9.17, 15) is 0 Å². The second-order valence-corrected chi connectivity index (χ2v) is 4.35. The van der Waals surface area contributed by atoms with E-state index in [1.807, 2.05) is 37.3 Å². The van der Waals surface area contributed by atoms with Crippen molar-refractivity contribution in [1.29, 1.82) is 0 Å². The summed E-state index contributed by atoms with van der Waals surface area (Å²) < 4.78 is 1.06. The van der Waals surface area contributed by atoms with E-state index < -0.39 is 0 Å². The summed E-state index contributed by atoms with van der Waals surface area (Å²) in [6, 6.07) is 14.3. The topological polar surface area (TPSA) is 26.0 Å². The largest absolute Gasteiger partial charge is 0.398 e. The molecule has 0 radical (unpaired) electrons. The van der Waals surface area contributed by atoms with Gasteiger partial charge < -0.3 is 5.73 Å². The zero-order chi connectivity index (χ0) is 10.8. The van der Waals surface area contributed by atoms with Crippen LogP contribution in [0.5, 0.6) is 0 Å². The molecule has 0 aromatic heterocycles. The Morgan fingerprint density at radius 2 is 1.67 bits per heavy atom. The molecule has 0 unspecified atom stereocenters. The van der Waals surface area contributed by atoms with E-state index >= 15 is 0 Å². The van der Waals surface area contributed by atoms with Crippen LogP contribution in [0.3, 0.4) is 0 Å². The summed E-state index contributed by atoms with van der Waals surface area (Å²) in [6.07, 6.45) is 0. The van der Waals surface area contributed by atoms with E-state index in [0.29, 0.717) is 0 Å². The molecule has 0 aliphatic heterocycles. The number of hydrogen-bond donors (Lipinski definition) is 1. The van der Waals surface area contributed by atoms with Crippen molar-refractivity contribution in [1.82, 2.24) is 0 Å². The molecule has 0 spiro atoms. The van der Waals surface area contributed by atoms with Gasteiger partial charge in [0.15, 0.2) is 0 Å². The number of nitrogen functional groups attached to an aromatic ring is 1. The van der Waals surface area contributed by atoms with Crippen molar-refractivity contribution >= 4 is 21.6 Å². The van der Waals surface area contributed by atoms with Crippen molar-refractivity contribution in [2.24, 2.45) is 0 Å². The fraction of sp³-hybridized carbons (Fsp3) is 0.0769. The third kappa shape index (κ3) is 1.90. The molecule has 0 amide bonds. The smallest absolute Gasteiger partial charge is 0.0434 e. The molecule has 2 heteroatoms. The molecular formula is C13H12BrN. The van der Waals surface area contributed by atoms with Crippen LogP contribution in [-0.2, 0) is 0 Å². The van der Waals surface area contributed by atoms with Crippen molar-refractivity contribution in [2.45, 2.75) is 6.92 Å². The van der Waals surface area contributed by atoms with Crippen LogP contribution in [0.15, 0.2) is 46.9 Å². The Hall–Kier alpha value is -1.28. The van der Waals surface area contributed by atoms with Crippen molar-refractivity contribution in [3.05, 3.63) is 52.5 Å². The van der Waals surface area contributed by atoms with E-state index in [2.05, 4.69) is 28.1 Å². The maximum absolute atomic E-state index is 6.09. The maximum Gasteiger partial charge on any atom is 0.0434 e. The third-order valence-corrected chi connectivity index (χ3v) is 3.39. The summed E-state index contributed by atoms with van der Waals surface area (Å²) in [5.74, 6) is 0. The van der Waals surface area contributed by atoms with Gasteiger partial charge in [-0.1, -0.05) is 52.3 Å². The number of benzene rings is 2. The Labute approximate surface area is 98.1 Å². The van der Waals surface area contributed by atoms with Gasteiger partial charge >= 0.3 is 0 Å². The molecule has 0 atom stereocenters. The molecule has 1 nitrogen and oxygen atoms in total. The van der Waals surface area contributed by atoms with Gasteiger partial charge in [0, 0.05) is 15.7 Å². The first kappa shape index (κ1) is 10.2. The highest BCUT2D eigenvalue weighted by Crippen LogP contribution is 2.32. The van der Waals surface area contributed by atoms with Crippen molar-refractivity contribution < 1.29 is 0 Å². The molecule has 0 heterocycles. The van der Waals surface area contributed by atoms with E-state index in [0.717, 1.165) is 26.9 Å². The minimum atomic E-state index is 0.843. The molecule has 76 valence electrons. The number of anilines is 1. The van der Waals surface area contributed by atoms with Crippen LogP contribution in [0, 0.1) is 6.92 Å². The number of rotatable bonds is 1. The summed E-state index contributed by atoms with van der Waals surface area (Å²) in [6.45, 7) is 2.02. The van der Waals surface area contributed by atoms with Crippen LogP contribution < -0.4 is 5.73 Å². The highest BCUT2D eigenvalue weighted by atomic mass is 79.9. The van der Waals surface area contributed by atoms with Crippen LogP contribution in [0.4, 0.5) is 5.69 Å². The summed E-state index contributed by atoms with van der Waals surface area (Å²) in [4.78, 5) is 0. The summed E-state index contributed by atoms with van der Waals surface area (Å²) in [5, 5.41) is 0. The summed E-state index contributed by atoms with van der Waals surface area (Å²) in [7, 11) is 0. The molecule has 0 bridgehead atoms. The van der Waals surface area contributed by atoms with Gasteiger partial charge in [-0.25, -0.2) is 0 Å². The number of nitrogens with two attached hydrogens (primary N) is 1. The average Bonchev–Trinajstić information content (AvgIpc) is 2.27. The number of halogens is 1. The van der Waals surface area contributed by atoms with Gasteiger partial charge in [0.2, 0.25) is 0 Å². The lowest BCUT2D eigenvalue weighted by atomic mass is 10.0. The van der Waals surface area contributed by atoms with Crippen molar-refractivity contribution in [3.8, 4) is 11.1 Å². The fourth-order valence-electron chi connectivity index (χ4n) is 1.57. The molecule has 2 aromatic carbocycles. The minimum Gasteiger partial charge on any atom is -0.398 e. The predicted octanol–water partition coefficient (Wildman–Crippen LogP) is 4.01. The molecule has 0 aliphatic carbocycles. The molecule has 15 heavy (non-hydrogen) atoms. The Bertz CT molecular complexity index is 477. The average molecular weight is 262 g/mol. The lowest BCUT2D eigenvalue weighted by Crippen LogP contribution is -1.94. The normalized spacial score (nSPS) is 10.3. The van der Waals surface area contributed by atoms with Crippen LogP contribution in [0.1, 0.15) is 5.56 Å². The molecule has 2 aromatic rings. The molecule has 0 saturated heterocycles. The van der Waals surface area contributed by atoms with Crippen LogP contribution in [0.25, 0.3) is 11.1 Å². The maximum atomic E-state index is 6.09. The van der Waals surface area contributed by atoms with Crippen molar-refractivity contribution in [3.63, 3.8) is 0 Å². The highest BCUT2D eigenvalue weighted by molar-refractivity contribution is 9.10. The summed E-state index contributed by atoms with van der Waals surface area (Å²) >= 11 is 3.47. The molecular weight excluding hydrogens is 250 g/mol. The first-order chi connectivity index (χ1) is 7.20. The van der Waals surface area contributed by atoms with E-state index in [1.165, 1.54) is 0 Å². The van der Waals surface area contributed by atoms with E-state index in [4.69, 9.17) is 5.73 Å². The van der Waals surface area contributed by atoms with Crippen LogP contribution >= 0.6 is 15.9 Å². The molecule has 2 N–H and O–H groups in total. The van der Waals surface area contributed by atoms with Gasteiger partial charge in [-0.3, -0.25) is 0 Å². The van der Waals surface area contributed by atoms with Gasteiger partial charge in [-0.2, -0.15) is 0 Å². The van der Waals surface area contributed by atoms with E-state index in [1.54, 1.807) is 0 Å². The first-order valence-electron chi connectivity index (χ1n) is 4.80. The second kappa shape index (κ2) is 4.07. The first-order valence-corrected chi connectivity index (χ1v) is 5.59. The molecule has 0 aliphatic rings. The SMILES string of the molecule is Cc1c(Br)ccc(-c2ccccc2)c1N. The third-order valence-electron chi connectivity index (χ3n) is 2.53. The zero-order valence-corrected chi connectivity index (χ0v) is 10.1. The number of hydrogen-bond acceptors (Lipinski definition) is 1. The lowest BCUT2D eigenvalue weighted by Gasteiger charge is -2.09. The molecule has 2 rings (SSSR count). The van der Waals surface area contributed by atoms with Crippen molar-refractivity contribution in [2.75, 3.05) is 5.73 Å². The zero-order valence-electron chi connectivity index (χ0n) is 8.50. The fourth-order valence-corrected chi connectivity index (χ4v) is 1.92.